The van der Waals surface area contributed by atoms with Crippen molar-refractivity contribution >= 4 is 27.7 Å². The number of hydrogen-bond acceptors (Lipinski definition) is 7. The van der Waals surface area contributed by atoms with Crippen molar-refractivity contribution in [2.75, 3.05) is 53.0 Å². The Morgan fingerprint density at radius 3 is 2.62 bits per heavy atom. The maximum atomic E-state index is 13.3. The molecule has 2 N–H and O–H groups in total. The van der Waals surface area contributed by atoms with Crippen molar-refractivity contribution in [1.82, 2.24) is 19.8 Å². The summed E-state index contributed by atoms with van der Waals surface area (Å²) in [6.45, 7) is 5.75. The number of amides is 2. The van der Waals surface area contributed by atoms with Gasteiger partial charge in [0.15, 0.2) is 0 Å². The summed E-state index contributed by atoms with van der Waals surface area (Å²) in [6, 6.07) is 6.01. The van der Waals surface area contributed by atoms with Gasteiger partial charge in [0, 0.05) is 52.0 Å². The van der Waals surface area contributed by atoms with Gasteiger partial charge in [-0.3, -0.25) is 24.2 Å². The number of nitrogens with zero attached hydrogens (tertiary/aromatic N) is 3. The van der Waals surface area contributed by atoms with Crippen LogP contribution in [0.3, 0.4) is 0 Å². The molecule has 11 heteroatoms. The lowest BCUT2D eigenvalue weighted by atomic mass is 10.1. The third-order valence-corrected chi connectivity index (χ3v) is 7.36. The number of hydrogen-bond donors (Lipinski definition) is 2. The molecule has 0 bridgehead atoms. The van der Waals surface area contributed by atoms with E-state index in [9.17, 15) is 18.0 Å². The molecule has 1 aromatic rings. The predicted octanol–water partition coefficient (Wildman–Crippen LogP) is 0.581. The zero-order chi connectivity index (χ0) is 24.6. The summed E-state index contributed by atoms with van der Waals surface area (Å²) in [6.07, 6.45) is 3.04. The molecule has 1 fully saturated rings. The Kier molecular flexibility index (Phi) is 9.43. The first-order chi connectivity index (χ1) is 16.4. The number of ether oxygens (including phenoxy) is 1. The lowest BCUT2D eigenvalue weighted by molar-refractivity contribution is -0.134. The molecule has 0 saturated carbocycles. The van der Waals surface area contributed by atoms with Crippen molar-refractivity contribution < 1.29 is 22.7 Å². The standard InChI is InChI=1S/C23H35N5O5S/c1-3-4-9-19(25-22-18-8-5-6-10-20(18)34(31,32)26-22)23(30)28-14-12-27(13-15-28)17-21(29)24-11-7-16-33-2/h5-6,8,10,19H,3-4,7,9,11-17H2,1-2H3,(H,24,29)(H,25,26). The zero-order valence-electron chi connectivity index (χ0n) is 20.0. The van der Waals surface area contributed by atoms with Gasteiger partial charge in [-0.1, -0.05) is 31.9 Å². The number of amidine groups is 1. The van der Waals surface area contributed by atoms with Gasteiger partial charge in [0.25, 0.3) is 10.0 Å². The van der Waals surface area contributed by atoms with Gasteiger partial charge < -0.3 is 15.0 Å². The highest BCUT2D eigenvalue weighted by molar-refractivity contribution is 7.90. The van der Waals surface area contributed by atoms with Crippen molar-refractivity contribution in [3.63, 3.8) is 0 Å². The van der Waals surface area contributed by atoms with Gasteiger partial charge in [-0.25, -0.2) is 8.42 Å². The van der Waals surface area contributed by atoms with Crippen LogP contribution < -0.4 is 10.0 Å². The van der Waals surface area contributed by atoms with Gasteiger partial charge in [0.1, 0.15) is 11.9 Å². The van der Waals surface area contributed by atoms with E-state index < -0.39 is 16.1 Å². The number of fused-ring (bicyclic) bond motifs is 1. The Bertz CT molecular complexity index is 989. The van der Waals surface area contributed by atoms with Crippen LogP contribution in [0, 0.1) is 0 Å². The second-order valence-corrected chi connectivity index (χ2v) is 10.2. The molecular formula is C23H35N5O5S. The van der Waals surface area contributed by atoms with Gasteiger partial charge in [0.2, 0.25) is 11.8 Å². The van der Waals surface area contributed by atoms with Crippen molar-refractivity contribution in [3.05, 3.63) is 29.8 Å². The fourth-order valence-corrected chi connectivity index (χ4v) is 5.31. The Labute approximate surface area is 201 Å². The lowest BCUT2D eigenvalue weighted by Gasteiger charge is -2.35. The quantitative estimate of drug-likeness (QED) is 0.435. The average molecular weight is 494 g/mol. The largest absolute Gasteiger partial charge is 0.385 e. The number of carbonyl (C=O) groups excluding carboxylic acids is 2. The summed E-state index contributed by atoms with van der Waals surface area (Å²) >= 11 is 0. The summed E-state index contributed by atoms with van der Waals surface area (Å²) < 4.78 is 32.3. The highest BCUT2D eigenvalue weighted by Gasteiger charge is 2.33. The number of methoxy groups -OCH3 is 1. The van der Waals surface area contributed by atoms with E-state index in [1.165, 1.54) is 6.07 Å². The molecule has 1 aromatic carbocycles. The summed E-state index contributed by atoms with van der Waals surface area (Å²) in [5, 5.41) is 2.88. The molecule has 0 spiro atoms. The maximum Gasteiger partial charge on any atom is 0.263 e. The van der Waals surface area contributed by atoms with Crippen LogP contribution in [0.15, 0.2) is 34.2 Å². The molecule has 1 unspecified atom stereocenters. The second kappa shape index (κ2) is 12.3. The maximum absolute atomic E-state index is 13.3. The van der Waals surface area contributed by atoms with Crippen molar-refractivity contribution in [2.24, 2.45) is 4.99 Å². The van der Waals surface area contributed by atoms with Gasteiger partial charge in [-0.05, 0) is 25.0 Å². The number of rotatable bonds is 11. The Morgan fingerprint density at radius 1 is 1.18 bits per heavy atom. The van der Waals surface area contributed by atoms with E-state index in [0.717, 1.165) is 19.3 Å². The zero-order valence-corrected chi connectivity index (χ0v) is 20.8. The van der Waals surface area contributed by atoms with E-state index in [4.69, 9.17) is 4.74 Å². The van der Waals surface area contributed by atoms with Crippen LogP contribution in [0.25, 0.3) is 0 Å². The van der Waals surface area contributed by atoms with Crippen LogP contribution in [0.5, 0.6) is 0 Å². The molecule has 0 radical (unpaired) electrons. The van der Waals surface area contributed by atoms with Crippen LogP contribution in [0.1, 0.15) is 38.2 Å². The summed E-state index contributed by atoms with van der Waals surface area (Å²) in [5.74, 6) is 0.0947. The molecule has 2 heterocycles. The molecule has 2 amide bonds. The smallest absolute Gasteiger partial charge is 0.263 e. The molecular weight excluding hydrogens is 458 g/mol. The monoisotopic (exact) mass is 493 g/mol. The second-order valence-electron chi connectivity index (χ2n) is 8.54. The van der Waals surface area contributed by atoms with Gasteiger partial charge in [-0.2, -0.15) is 0 Å². The number of benzene rings is 1. The van der Waals surface area contributed by atoms with Crippen LogP contribution in [0.4, 0.5) is 0 Å². The number of unbranched alkanes of at least 4 members (excludes halogenated alkanes) is 1. The third kappa shape index (κ3) is 6.77. The molecule has 2 aliphatic heterocycles. The predicted molar refractivity (Wildman–Crippen MR) is 129 cm³/mol. The summed E-state index contributed by atoms with van der Waals surface area (Å²) in [4.78, 5) is 34.0. The molecule has 34 heavy (non-hydrogen) atoms. The first kappa shape index (κ1) is 26.1. The normalized spacial score (nSPS) is 19.5. The van der Waals surface area contributed by atoms with Crippen molar-refractivity contribution in [1.29, 1.82) is 0 Å². The minimum atomic E-state index is -3.66. The Morgan fingerprint density at radius 2 is 1.91 bits per heavy atom. The Balaban J connectivity index is 1.61. The van der Waals surface area contributed by atoms with Gasteiger partial charge in [0.05, 0.1) is 11.4 Å². The first-order valence-electron chi connectivity index (χ1n) is 11.8. The first-order valence-corrected chi connectivity index (χ1v) is 13.3. The molecule has 0 aromatic heterocycles. The molecule has 1 atom stereocenters. The molecule has 2 aliphatic rings. The lowest BCUT2D eigenvalue weighted by Crippen LogP contribution is -2.53. The molecule has 3 rings (SSSR count). The van der Waals surface area contributed by atoms with E-state index in [0.29, 0.717) is 57.9 Å². The minimum Gasteiger partial charge on any atom is -0.385 e. The number of carbonyl (C=O) groups is 2. The highest BCUT2D eigenvalue weighted by Crippen LogP contribution is 2.23. The Hall–Kier alpha value is -2.50. The molecule has 10 nitrogen and oxygen atoms in total. The van der Waals surface area contributed by atoms with E-state index in [-0.39, 0.29) is 22.5 Å². The van der Waals surface area contributed by atoms with E-state index in [2.05, 4.69) is 15.0 Å². The van der Waals surface area contributed by atoms with Crippen molar-refractivity contribution in [2.45, 2.75) is 43.5 Å². The van der Waals surface area contributed by atoms with Gasteiger partial charge >= 0.3 is 0 Å². The molecule has 1 saturated heterocycles. The minimum absolute atomic E-state index is 0.0321. The molecule has 188 valence electrons. The number of nitrogens with one attached hydrogen (secondary N) is 2. The van der Waals surface area contributed by atoms with Crippen LogP contribution in [-0.4, -0.2) is 94.9 Å². The fraction of sp³-hybridized carbons (Fsp3) is 0.609. The van der Waals surface area contributed by atoms with E-state index in [1.807, 2.05) is 11.8 Å². The van der Waals surface area contributed by atoms with Crippen LogP contribution in [-0.2, 0) is 24.3 Å². The van der Waals surface area contributed by atoms with Crippen LogP contribution in [0.2, 0.25) is 0 Å². The number of aliphatic imine (C=N–C) groups is 1. The topological polar surface area (TPSA) is 120 Å². The summed E-state index contributed by atoms with van der Waals surface area (Å²) in [5.41, 5.74) is 0.498. The molecule has 0 aliphatic carbocycles. The number of piperazine rings is 1. The summed E-state index contributed by atoms with van der Waals surface area (Å²) in [7, 11) is -2.03. The SMILES string of the molecule is CCCCC(N=C1NS(=O)(=O)c2ccccc21)C(=O)N1CCN(CC(=O)NCCCOC)CC1. The highest BCUT2D eigenvalue weighted by atomic mass is 32.2. The van der Waals surface area contributed by atoms with E-state index >= 15 is 0 Å². The van der Waals surface area contributed by atoms with Crippen molar-refractivity contribution in [3.8, 4) is 0 Å². The fourth-order valence-electron chi connectivity index (χ4n) is 4.07. The average Bonchev–Trinajstić information content (AvgIpc) is 3.09. The number of sulfonamides is 1. The van der Waals surface area contributed by atoms with Crippen LogP contribution >= 0.6 is 0 Å². The third-order valence-electron chi connectivity index (χ3n) is 5.96. The van der Waals surface area contributed by atoms with Gasteiger partial charge in [-0.15, -0.1) is 0 Å². The van der Waals surface area contributed by atoms with E-state index in [1.54, 1.807) is 30.2 Å².